The molecule has 0 heterocycles. The number of carbonyl (C=O) groups is 3. The fraction of sp³-hybridized carbons (Fsp3) is 0.200. The van der Waals surface area contributed by atoms with Gasteiger partial charge >= 0.3 is 6.03 Å². The molecule has 4 amide bonds. The first kappa shape index (κ1) is 25.5. The molecule has 1 atom stereocenters. The van der Waals surface area contributed by atoms with Crippen LogP contribution in [0, 0.1) is 10.1 Å². The lowest BCUT2D eigenvalue weighted by Crippen LogP contribution is -2.51. The van der Waals surface area contributed by atoms with Gasteiger partial charge < -0.3 is 37.8 Å². The lowest BCUT2D eigenvalue weighted by atomic mass is 10.2. The average molecular weight is 472 g/mol. The number of anilines is 1. The van der Waals surface area contributed by atoms with Gasteiger partial charge in [-0.25, -0.2) is 9.79 Å². The molecule has 1 unspecified atom stereocenters. The second kappa shape index (κ2) is 12.4. The Morgan fingerprint density at radius 1 is 1.03 bits per heavy atom. The van der Waals surface area contributed by atoms with Crippen molar-refractivity contribution in [1.29, 1.82) is 0 Å². The Morgan fingerprint density at radius 3 is 2.24 bits per heavy atom. The van der Waals surface area contributed by atoms with Gasteiger partial charge in [0.1, 0.15) is 6.04 Å². The number of benzene rings is 2. The van der Waals surface area contributed by atoms with Crippen molar-refractivity contribution in [2.75, 3.05) is 18.5 Å². The minimum Gasteiger partial charge on any atom is -0.394 e. The zero-order valence-electron chi connectivity index (χ0n) is 17.9. The van der Waals surface area contributed by atoms with Crippen LogP contribution in [-0.4, -0.2) is 53.0 Å². The molecule has 9 N–H and O–H groups in total. The number of rotatable bonds is 10. The number of aliphatic hydroxyl groups is 1. The molecule has 2 aromatic carbocycles. The SMILES string of the molecule is NC(N)=Nc1ccc(CNC(=O)CNC(=O)C(CO)NC(=O)Nc2ccc([N+](=O)[O-])cc2)cc1. The van der Waals surface area contributed by atoms with Gasteiger partial charge in [0.05, 0.1) is 23.8 Å². The normalized spacial score (nSPS) is 11.0. The Kier molecular flexibility index (Phi) is 9.28. The van der Waals surface area contributed by atoms with Gasteiger partial charge in [0.2, 0.25) is 11.8 Å². The van der Waals surface area contributed by atoms with Crippen molar-refractivity contribution in [2.45, 2.75) is 12.6 Å². The van der Waals surface area contributed by atoms with Crippen LogP contribution >= 0.6 is 0 Å². The minimum absolute atomic E-state index is 0.0729. The number of non-ortho nitro benzene ring substituents is 1. The summed E-state index contributed by atoms with van der Waals surface area (Å²) in [5, 5.41) is 29.6. The maximum absolute atomic E-state index is 12.2. The molecule has 14 nitrogen and oxygen atoms in total. The molecule has 2 aromatic rings. The standard InChI is InChI=1S/C20H24N8O6/c21-19(22)25-13-3-1-12(2-4-13)9-23-17(30)10-24-18(31)16(11-29)27-20(32)26-14-5-7-15(8-6-14)28(33)34/h1-8,16,29H,9-11H2,(H,23,30)(H,24,31)(H4,21,22,25)(H2,26,27,32). The van der Waals surface area contributed by atoms with Crippen LogP contribution in [-0.2, 0) is 16.1 Å². The molecule has 0 saturated heterocycles. The number of aliphatic imine (C=N–C) groups is 1. The number of nitrogens with zero attached hydrogens (tertiary/aromatic N) is 2. The molecule has 2 rings (SSSR count). The summed E-state index contributed by atoms with van der Waals surface area (Å²) in [6.07, 6.45) is 0. The number of urea groups is 1. The molecule has 180 valence electrons. The molecule has 0 fully saturated rings. The van der Waals surface area contributed by atoms with Crippen LogP contribution in [0.2, 0.25) is 0 Å². The molecular weight excluding hydrogens is 448 g/mol. The first-order valence-electron chi connectivity index (χ1n) is 9.83. The molecule has 0 saturated carbocycles. The first-order chi connectivity index (χ1) is 16.2. The summed E-state index contributed by atoms with van der Waals surface area (Å²) in [6.45, 7) is -0.910. The number of hydrogen-bond donors (Lipinski definition) is 7. The van der Waals surface area contributed by atoms with E-state index in [1.54, 1.807) is 24.3 Å². The van der Waals surface area contributed by atoms with Crippen LogP contribution in [0.1, 0.15) is 5.56 Å². The van der Waals surface area contributed by atoms with Crippen LogP contribution in [0.5, 0.6) is 0 Å². The molecule has 0 bridgehead atoms. The van der Waals surface area contributed by atoms with Crippen molar-refractivity contribution in [1.82, 2.24) is 16.0 Å². The molecule has 0 aliphatic heterocycles. The monoisotopic (exact) mass is 472 g/mol. The Morgan fingerprint density at radius 2 is 1.68 bits per heavy atom. The van der Waals surface area contributed by atoms with E-state index >= 15 is 0 Å². The molecular formula is C20H24N8O6. The Hall–Kier alpha value is -4.72. The zero-order valence-corrected chi connectivity index (χ0v) is 17.9. The fourth-order valence-corrected chi connectivity index (χ4v) is 2.58. The van der Waals surface area contributed by atoms with Crippen molar-refractivity contribution in [3.05, 3.63) is 64.2 Å². The van der Waals surface area contributed by atoms with Crippen molar-refractivity contribution in [3.8, 4) is 0 Å². The van der Waals surface area contributed by atoms with Gasteiger partial charge in [-0.05, 0) is 29.8 Å². The number of aliphatic hydroxyl groups excluding tert-OH is 1. The number of nitrogens with two attached hydrogens (primary N) is 2. The van der Waals surface area contributed by atoms with E-state index in [4.69, 9.17) is 11.5 Å². The summed E-state index contributed by atoms with van der Waals surface area (Å²) in [5.74, 6) is -1.34. The molecule has 0 aliphatic rings. The molecule has 0 aromatic heterocycles. The first-order valence-corrected chi connectivity index (χ1v) is 9.83. The number of carbonyl (C=O) groups excluding carboxylic acids is 3. The maximum atomic E-state index is 12.2. The van der Waals surface area contributed by atoms with Crippen LogP contribution in [0.4, 0.5) is 21.9 Å². The highest BCUT2D eigenvalue weighted by Crippen LogP contribution is 2.15. The van der Waals surface area contributed by atoms with E-state index in [1.807, 2.05) is 0 Å². The third-order valence-corrected chi connectivity index (χ3v) is 4.25. The van der Waals surface area contributed by atoms with Crippen LogP contribution in [0.3, 0.4) is 0 Å². The Balaban J connectivity index is 1.77. The predicted octanol–water partition coefficient (Wildman–Crippen LogP) is -0.585. The van der Waals surface area contributed by atoms with E-state index in [1.165, 1.54) is 24.3 Å². The summed E-state index contributed by atoms with van der Waals surface area (Å²) < 4.78 is 0. The van der Waals surface area contributed by atoms with Crippen LogP contribution in [0.15, 0.2) is 53.5 Å². The smallest absolute Gasteiger partial charge is 0.319 e. The van der Waals surface area contributed by atoms with Crippen molar-refractivity contribution >= 4 is 40.9 Å². The van der Waals surface area contributed by atoms with E-state index in [2.05, 4.69) is 26.3 Å². The molecule has 0 radical (unpaired) electrons. The van der Waals surface area contributed by atoms with E-state index in [-0.39, 0.29) is 30.4 Å². The summed E-state index contributed by atoms with van der Waals surface area (Å²) in [7, 11) is 0. The summed E-state index contributed by atoms with van der Waals surface area (Å²) in [6, 6.07) is 9.64. The average Bonchev–Trinajstić information content (AvgIpc) is 2.80. The number of hydrogen-bond acceptors (Lipinski definition) is 7. The number of nitro benzene ring substituents is 1. The van der Waals surface area contributed by atoms with Gasteiger partial charge in [-0.1, -0.05) is 12.1 Å². The highest BCUT2D eigenvalue weighted by molar-refractivity contribution is 5.94. The van der Waals surface area contributed by atoms with Crippen LogP contribution < -0.4 is 32.7 Å². The quantitative estimate of drug-likeness (QED) is 0.102. The number of nitro groups is 1. The Bertz CT molecular complexity index is 1050. The van der Waals surface area contributed by atoms with Gasteiger partial charge in [-0.15, -0.1) is 0 Å². The molecule has 0 spiro atoms. The van der Waals surface area contributed by atoms with Crippen molar-refractivity contribution < 1.29 is 24.4 Å². The highest BCUT2D eigenvalue weighted by atomic mass is 16.6. The van der Waals surface area contributed by atoms with E-state index in [0.717, 1.165) is 5.56 Å². The topological polar surface area (TPSA) is 227 Å². The van der Waals surface area contributed by atoms with Gasteiger partial charge in [-0.3, -0.25) is 19.7 Å². The fourth-order valence-electron chi connectivity index (χ4n) is 2.58. The van der Waals surface area contributed by atoms with Crippen molar-refractivity contribution in [2.24, 2.45) is 16.5 Å². The van der Waals surface area contributed by atoms with Gasteiger partial charge in [-0.2, -0.15) is 0 Å². The summed E-state index contributed by atoms with van der Waals surface area (Å²) >= 11 is 0. The van der Waals surface area contributed by atoms with Gasteiger partial charge in [0.25, 0.3) is 5.69 Å². The second-order valence-electron chi connectivity index (χ2n) is 6.84. The largest absolute Gasteiger partial charge is 0.394 e. The Labute approximate surface area is 193 Å². The number of guanidine groups is 1. The van der Waals surface area contributed by atoms with E-state index in [0.29, 0.717) is 5.69 Å². The van der Waals surface area contributed by atoms with Gasteiger partial charge in [0.15, 0.2) is 5.96 Å². The maximum Gasteiger partial charge on any atom is 0.319 e. The van der Waals surface area contributed by atoms with Crippen LogP contribution in [0.25, 0.3) is 0 Å². The molecule has 14 heteroatoms. The number of nitrogens with one attached hydrogen (secondary N) is 4. The lowest BCUT2D eigenvalue weighted by Gasteiger charge is -2.16. The van der Waals surface area contributed by atoms with E-state index in [9.17, 15) is 29.6 Å². The van der Waals surface area contributed by atoms with Crippen molar-refractivity contribution in [3.63, 3.8) is 0 Å². The zero-order chi connectivity index (χ0) is 25.1. The number of amides is 4. The summed E-state index contributed by atoms with van der Waals surface area (Å²) in [5.41, 5.74) is 12.0. The third-order valence-electron chi connectivity index (χ3n) is 4.25. The third kappa shape index (κ3) is 8.43. The highest BCUT2D eigenvalue weighted by Gasteiger charge is 2.20. The second-order valence-corrected chi connectivity index (χ2v) is 6.84. The molecule has 0 aliphatic carbocycles. The predicted molar refractivity (Wildman–Crippen MR) is 123 cm³/mol. The minimum atomic E-state index is -1.33. The van der Waals surface area contributed by atoms with E-state index < -0.39 is 35.4 Å². The summed E-state index contributed by atoms with van der Waals surface area (Å²) in [4.78, 5) is 50.2. The molecule has 34 heavy (non-hydrogen) atoms. The van der Waals surface area contributed by atoms with Gasteiger partial charge in [0, 0.05) is 24.4 Å². The lowest BCUT2D eigenvalue weighted by molar-refractivity contribution is -0.384.